The van der Waals surface area contributed by atoms with E-state index < -0.39 is 23.7 Å². The van der Waals surface area contributed by atoms with Gasteiger partial charge in [0.2, 0.25) is 5.91 Å². The minimum Gasteiger partial charge on any atom is -0.462 e. The van der Waals surface area contributed by atoms with E-state index in [0.717, 1.165) is 27.4 Å². The molecule has 2 heterocycles. The molecule has 38 heavy (non-hydrogen) atoms. The molecule has 1 aliphatic rings. The molecular weight excluding hydrogens is 500 g/mol. The Morgan fingerprint density at radius 3 is 1.89 bits per heavy atom. The average Bonchev–Trinajstić information content (AvgIpc) is 3.44. The maximum absolute atomic E-state index is 13.7. The van der Waals surface area contributed by atoms with E-state index >= 15 is 0 Å². The van der Waals surface area contributed by atoms with Gasteiger partial charge in [-0.15, -0.1) is 11.3 Å². The van der Waals surface area contributed by atoms with Gasteiger partial charge in [0.25, 0.3) is 11.8 Å². The number of fused-ring (bicyclic) bond motifs is 1. The van der Waals surface area contributed by atoms with Crippen molar-refractivity contribution in [2.75, 3.05) is 11.9 Å². The normalized spacial score (nSPS) is 12.5. The Kier molecular flexibility index (Phi) is 7.15. The molecule has 0 bridgehead atoms. The summed E-state index contributed by atoms with van der Waals surface area (Å²) in [6.07, 6.45) is 0. The number of carbonyl (C=O) groups is 4. The number of nitrogens with zero attached hydrogens (tertiary/aromatic N) is 1. The van der Waals surface area contributed by atoms with Crippen molar-refractivity contribution in [3.8, 4) is 0 Å². The van der Waals surface area contributed by atoms with Crippen LogP contribution in [0, 0.1) is 0 Å². The number of thiophene rings is 1. The third kappa shape index (κ3) is 4.86. The minimum absolute atomic E-state index is 0.0277. The first-order valence-corrected chi connectivity index (χ1v) is 13.0. The Balaban J connectivity index is 1.46. The van der Waals surface area contributed by atoms with E-state index in [9.17, 15) is 19.2 Å². The van der Waals surface area contributed by atoms with Crippen LogP contribution in [0.1, 0.15) is 59.9 Å². The summed E-state index contributed by atoms with van der Waals surface area (Å²) in [5, 5.41) is 3.22. The standard InChI is InChI=1S/C30H24N2O5S/c1-2-37-30(36)24-17-21(18-32-28(34)22-15-9-10-16-23(22)29(32)35)38-27(24)31-26(33)25(19-11-5-3-6-12-19)20-13-7-4-8-14-20/h3-17,25H,2,18H2,1H3,(H,31,33). The highest BCUT2D eigenvalue weighted by Crippen LogP contribution is 2.34. The fourth-order valence-corrected chi connectivity index (χ4v) is 5.52. The SMILES string of the molecule is CCOC(=O)c1cc(CN2C(=O)c3ccccc3C2=O)sc1NC(=O)C(c1ccccc1)c1ccccc1. The molecular formula is C30H24N2O5S. The van der Waals surface area contributed by atoms with Crippen molar-refractivity contribution < 1.29 is 23.9 Å². The van der Waals surface area contributed by atoms with Gasteiger partial charge < -0.3 is 10.1 Å². The van der Waals surface area contributed by atoms with Gasteiger partial charge in [0.1, 0.15) is 5.00 Å². The van der Waals surface area contributed by atoms with Crippen molar-refractivity contribution in [2.24, 2.45) is 0 Å². The average molecular weight is 525 g/mol. The fraction of sp³-hybridized carbons (Fsp3) is 0.133. The number of hydrogen-bond acceptors (Lipinski definition) is 6. The molecule has 3 amide bonds. The van der Waals surface area contributed by atoms with Crippen molar-refractivity contribution in [3.63, 3.8) is 0 Å². The number of hydrogen-bond donors (Lipinski definition) is 1. The van der Waals surface area contributed by atoms with Gasteiger partial charge in [0.15, 0.2) is 0 Å². The summed E-state index contributed by atoms with van der Waals surface area (Å²) in [6.45, 7) is 1.83. The summed E-state index contributed by atoms with van der Waals surface area (Å²) in [5.74, 6) is -2.31. The first-order valence-electron chi connectivity index (χ1n) is 12.1. The van der Waals surface area contributed by atoms with Crippen LogP contribution in [0.2, 0.25) is 0 Å². The van der Waals surface area contributed by atoms with E-state index in [1.54, 1.807) is 37.3 Å². The summed E-state index contributed by atoms with van der Waals surface area (Å²) >= 11 is 1.14. The number of carbonyl (C=O) groups excluding carboxylic acids is 4. The zero-order chi connectivity index (χ0) is 26.6. The summed E-state index contributed by atoms with van der Waals surface area (Å²) in [5.41, 5.74) is 2.48. The lowest BCUT2D eigenvalue weighted by atomic mass is 9.90. The van der Waals surface area contributed by atoms with Gasteiger partial charge >= 0.3 is 5.97 Å². The van der Waals surface area contributed by atoms with Crippen molar-refractivity contribution in [3.05, 3.63) is 124 Å². The van der Waals surface area contributed by atoms with Gasteiger partial charge in [0, 0.05) is 4.88 Å². The number of rotatable bonds is 8. The van der Waals surface area contributed by atoms with Crippen LogP contribution in [0.4, 0.5) is 5.00 Å². The van der Waals surface area contributed by atoms with E-state index in [-0.39, 0.29) is 24.6 Å². The van der Waals surface area contributed by atoms with Crippen molar-refractivity contribution in [2.45, 2.75) is 19.4 Å². The van der Waals surface area contributed by atoms with E-state index in [2.05, 4.69) is 5.32 Å². The number of amides is 3. The molecule has 5 rings (SSSR count). The Morgan fingerprint density at radius 1 is 0.842 bits per heavy atom. The van der Waals surface area contributed by atoms with Crippen LogP contribution in [0.15, 0.2) is 91.0 Å². The zero-order valence-electron chi connectivity index (χ0n) is 20.5. The number of imide groups is 1. The Labute approximate surface area is 223 Å². The maximum atomic E-state index is 13.7. The van der Waals surface area contributed by atoms with Crippen LogP contribution in [-0.2, 0) is 16.1 Å². The number of anilines is 1. The Morgan fingerprint density at radius 2 is 1.37 bits per heavy atom. The molecule has 0 fully saturated rings. The molecule has 0 radical (unpaired) electrons. The predicted octanol–water partition coefficient (Wildman–Crippen LogP) is 5.49. The maximum Gasteiger partial charge on any atom is 0.341 e. The molecule has 1 N–H and O–H groups in total. The summed E-state index contributed by atoms with van der Waals surface area (Å²) < 4.78 is 5.23. The molecule has 1 aliphatic heterocycles. The lowest BCUT2D eigenvalue weighted by Crippen LogP contribution is -2.28. The molecule has 0 atom stereocenters. The molecule has 190 valence electrons. The summed E-state index contributed by atoms with van der Waals surface area (Å²) in [7, 11) is 0. The third-order valence-corrected chi connectivity index (χ3v) is 7.27. The topological polar surface area (TPSA) is 92.8 Å². The van der Waals surface area contributed by atoms with Gasteiger partial charge in [-0.2, -0.15) is 0 Å². The molecule has 0 unspecified atom stereocenters. The molecule has 0 aliphatic carbocycles. The van der Waals surface area contributed by atoms with Gasteiger partial charge in [0.05, 0.1) is 35.8 Å². The molecule has 7 nitrogen and oxygen atoms in total. The predicted molar refractivity (Wildman–Crippen MR) is 144 cm³/mol. The molecule has 8 heteroatoms. The Hall–Kier alpha value is -4.56. The highest BCUT2D eigenvalue weighted by atomic mass is 32.1. The fourth-order valence-electron chi connectivity index (χ4n) is 4.48. The molecule has 4 aromatic rings. The van der Waals surface area contributed by atoms with Gasteiger partial charge in [-0.25, -0.2) is 4.79 Å². The van der Waals surface area contributed by atoms with Crippen LogP contribution >= 0.6 is 11.3 Å². The van der Waals surface area contributed by atoms with Crippen LogP contribution in [-0.4, -0.2) is 35.2 Å². The lowest BCUT2D eigenvalue weighted by Gasteiger charge is -2.18. The number of nitrogens with one attached hydrogen (secondary N) is 1. The van der Waals surface area contributed by atoms with Crippen LogP contribution < -0.4 is 5.32 Å². The quantitative estimate of drug-likeness (QED) is 0.243. The smallest absolute Gasteiger partial charge is 0.341 e. The van der Waals surface area contributed by atoms with Gasteiger partial charge in [-0.3, -0.25) is 19.3 Å². The zero-order valence-corrected chi connectivity index (χ0v) is 21.4. The van der Waals surface area contributed by atoms with Crippen LogP contribution in [0.3, 0.4) is 0 Å². The number of ether oxygens (including phenoxy) is 1. The summed E-state index contributed by atoms with van der Waals surface area (Å²) in [4.78, 5) is 53.9. The highest BCUT2D eigenvalue weighted by Gasteiger charge is 2.36. The van der Waals surface area contributed by atoms with Crippen LogP contribution in [0.25, 0.3) is 0 Å². The van der Waals surface area contributed by atoms with E-state index in [1.165, 1.54) is 0 Å². The molecule has 3 aromatic carbocycles. The molecule has 0 saturated heterocycles. The third-order valence-electron chi connectivity index (χ3n) is 6.24. The Bertz CT molecular complexity index is 1440. The molecule has 0 spiro atoms. The van der Waals surface area contributed by atoms with E-state index in [1.807, 2.05) is 60.7 Å². The first kappa shape index (κ1) is 25.1. The number of esters is 1. The second kappa shape index (κ2) is 10.8. The minimum atomic E-state index is -0.616. The second-order valence-corrected chi connectivity index (χ2v) is 9.80. The van der Waals surface area contributed by atoms with Gasteiger partial charge in [-0.1, -0.05) is 72.8 Å². The van der Waals surface area contributed by atoms with E-state index in [0.29, 0.717) is 21.0 Å². The number of benzene rings is 3. The lowest BCUT2D eigenvalue weighted by molar-refractivity contribution is -0.116. The van der Waals surface area contributed by atoms with Crippen molar-refractivity contribution >= 4 is 40.0 Å². The molecule has 0 saturated carbocycles. The van der Waals surface area contributed by atoms with E-state index in [4.69, 9.17) is 4.74 Å². The van der Waals surface area contributed by atoms with Crippen molar-refractivity contribution in [1.82, 2.24) is 4.90 Å². The monoisotopic (exact) mass is 524 g/mol. The van der Waals surface area contributed by atoms with Crippen molar-refractivity contribution in [1.29, 1.82) is 0 Å². The molecule has 1 aromatic heterocycles. The second-order valence-electron chi connectivity index (χ2n) is 8.66. The largest absolute Gasteiger partial charge is 0.462 e. The summed E-state index contributed by atoms with van der Waals surface area (Å²) in [6, 6.07) is 27.0. The highest BCUT2D eigenvalue weighted by molar-refractivity contribution is 7.16. The van der Waals surface area contributed by atoms with Gasteiger partial charge in [-0.05, 0) is 36.2 Å². The first-order chi connectivity index (χ1) is 18.5. The van der Waals surface area contributed by atoms with Crippen LogP contribution in [0.5, 0.6) is 0 Å².